The number of piperidine rings is 1. The summed E-state index contributed by atoms with van der Waals surface area (Å²) in [5, 5.41) is 14.0. The second-order valence-corrected chi connectivity index (χ2v) is 6.13. The van der Waals surface area contributed by atoms with Gasteiger partial charge in [-0.05, 0) is 57.0 Å². The smallest absolute Gasteiger partial charge is 0.120 e. The van der Waals surface area contributed by atoms with Gasteiger partial charge in [0.25, 0.3) is 0 Å². The van der Waals surface area contributed by atoms with Gasteiger partial charge >= 0.3 is 0 Å². The minimum absolute atomic E-state index is 0.326. The molecule has 0 aromatic heterocycles. The summed E-state index contributed by atoms with van der Waals surface area (Å²) in [6.07, 6.45) is 5.21. The van der Waals surface area contributed by atoms with Gasteiger partial charge in [-0.25, -0.2) is 0 Å². The van der Waals surface area contributed by atoms with Crippen molar-refractivity contribution in [1.29, 1.82) is 0 Å². The van der Waals surface area contributed by atoms with Crippen LogP contribution in [0.5, 0.6) is 5.75 Å². The Morgan fingerprint density at radius 3 is 2.63 bits per heavy atom. The fourth-order valence-corrected chi connectivity index (χ4v) is 3.05. The van der Waals surface area contributed by atoms with Gasteiger partial charge in [0.05, 0.1) is 0 Å². The Hall–Kier alpha value is -0.770. The van der Waals surface area contributed by atoms with Crippen molar-refractivity contribution in [3.05, 3.63) is 28.8 Å². The minimum atomic E-state index is 0.326. The summed E-state index contributed by atoms with van der Waals surface area (Å²) in [6.45, 7) is 3.12. The second kappa shape index (κ2) is 5.70. The third-order valence-corrected chi connectivity index (χ3v) is 4.45. The maximum absolute atomic E-state index is 9.78. The number of aromatic hydroxyl groups is 1. The highest BCUT2D eigenvalue weighted by Crippen LogP contribution is 2.29. The highest BCUT2D eigenvalue weighted by atomic mass is 35.5. The first kappa shape index (κ1) is 13.2. The molecule has 4 heteroatoms. The Morgan fingerprint density at radius 1 is 1.21 bits per heavy atom. The summed E-state index contributed by atoms with van der Waals surface area (Å²) in [4.78, 5) is 2.62. The fourth-order valence-electron chi connectivity index (χ4n) is 2.86. The molecular weight excluding hydrogens is 260 g/mol. The first-order chi connectivity index (χ1) is 9.22. The van der Waals surface area contributed by atoms with E-state index in [0.29, 0.717) is 23.4 Å². The Balaban J connectivity index is 1.48. The number of likely N-dealkylation sites (tertiary alicyclic amines) is 1. The van der Waals surface area contributed by atoms with Crippen molar-refractivity contribution >= 4 is 11.6 Å². The lowest BCUT2D eigenvalue weighted by Gasteiger charge is -2.32. The van der Waals surface area contributed by atoms with Gasteiger partial charge in [-0.3, -0.25) is 0 Å². The van der Waals surface area contributed by atoms with Crippen molar-refractivity contribution in [1.82, 2.24) is 10.2 Å². The maximum Gasteiger partial charge on any atom is 0.120 e. The predicted molar refractivity (Wildman–Crippen MR) is 77.6 cm³/mol. The highest BCUT2D eigenvalue weighted by molar-refractivity contribution is 6.30. The number of halogens is 1. The van der Waals surface area contributed by atoms with E-state index in [1.54, 1.807) is 12.1 Å². The monoisotopic (exact) mass is 280 g/mol. The molecule has 1 aromatic rings. The Bertz CT molecular complexity index is 440. The number of phenolic OH excluding ortho intramolecular Hbond substituents is 1. The number of nitrogens with zero attached hydrogens (tertiary/aromatic N) is 1. The van der Waals surface area contributed by atoms with E-state index in [9.17, 15) is 5.11 Å². The van der Waals surface area contributed by atoms with Crippen LogP contribution in [-0.2, 0) is 6.54 Å². The van der Waals surface area contributed by atoms with Crippen molar-refractivity contribution in [3.8, 4) is 5.75 Å². The summed E-state index contributed by atoms with van der Waals surface area (Å²) in [5.74, 6) is 0.326. The molecular formula is C15H21ClN2O. The van der Waals surface area contributed by atoms with E-state index in [4.69, 9.17) is 11.6 Å². The summed E-state index contributed by atoms with van der Waals surface area (Å²) in [5.41, 5.74) is 0.886. The lowest BCUT2D eigenvalue weighted by molar-refractivity contribution is 0.189. The minimum Gasteiger partial charge on any atom is -0.508 e. The van der Waals surface area contributed by atoms with Crippen LogP contribution in [0.25, 0.3) is 0 Å². The van der Waals surface area contributed by atoms with Gasteiger partial charge in [0.1, 0.15) is 5.75 Å². The molecule has 0 spiro atoms. The third kappa shape index (κ3) is 3.41. The number of benzene rings is 1. The standard InChI is InChI=1S/C15H21ClN2O/c16-12-1-4-15(19)11(9-12)10-17-13-5-7-18(8-6-13)14-2-3-14/h1,4,9,13-14,17,19H,2-3,5-8,10H2. The number of phenols is 1. The van der Waals surface area contributed by atoms with E-state index in [1.165, 1.54) is 38.8 Å². The predicted octanol–water partition coefficient (Wildman–Crippen LogP) is 2.76. The Labute approximate surface area is 119 Å². The Morgan fingerprint density at radius 2 is 1.95 bits per heavy atom. The van der Waals surface area contributed by atoms with Gasteiger partial charge < -0.3 is 15.3 Å². The zero-order chi connectivity index (χ0) is 13.2. The lowest BCUT2D eigenvalue weighted by Crippen LogP contribution is -2.43. The molecule has 1 aliphatic heterocycles. The molecule has 2 fully saturated rings. The number of nitrogens with one attached hydrogen (secondary N) is 1. The van der Waals surface area contributed by atoms with Crippen LogP contribution in [0.1, 0.15) is 31.2 Å². The van der Waals surface area contributed by atoms with E-state index in [-0.39, 0.29) is 0 Å². The van der Waals surface area contributed by atoms with Crippen molar-refractivity contribution in [3.63, 3.8) is 0 Å². The zero-order valence-electron chi connectivity index (χ0n) is 11.1. The van der Waals surface area contributed by atoms with Crippen LogP contribution in [-0.4, -0.2) is 35.2 Å². The molecule has 3 nitrogen and oxygen atoms in total. The summed E-state index contributed by atoms with van der Waals surface area (Å²) >= 11 is 5.95. The molecule has 1 aromatic carbocycles. The molecule has 0 unspecified atom stereocenters. The fraction of sp³-hybridized carbons (Fsp3) is 0.600. The molecule has 0 radical (unpaired) electrons. The van der Waals surface area contributed by atoms with E-state index >= 15 is 0 Å². The van der Waals surface area contributed by atoms with Crippen LogP contribution in [0.15, 0.2) is 18.2 Å². The molecule has 1 heterocycles. The highest BCUT2D eigenvalue weighted by Gasteiger charge is 2.31. The topological polar surface area (TPSA) is 35.5 Å². The first-order valence-corrected chi connectivity index (χ1v) is 7.55. The largest absolute Gasteiger partial charge is 0.508 e. The van der Waals surface area contributed by atoms with Gasteiger partial charge in [0, 0.05) is 29.2 Å². The van der Waals surface area contributed by atoms with Gasteiger partial charge in [-0.1, -0.05) is 11.6 Å². The van der Waals surface area contributed by atoms with Crippen molar-refractivity contribution in [2.24, 2.45) is 0 Å². The number of hydrogen-bond donors (Lipinski definition) is 2. The van der Waals surface area contributed by atoms with Crippen LogP contribution < -0.4 is 5.32 Å². The number of hydrogen-bond acceptors (Lipinski definition) is 3. The number of rotatable bonds is 4. The third-order valence-electron chi connectivity index (χ3n) is 4.22. The van der Waals surface area contributed by atoms with Crippen LogP contribution in [0.4, 0.5) is 0 Å². The Kier molecular flexibility index (Phi) is 3.96. The van der Waals surface area contributed by atoms with Gasteiger partial charge in [-0.2, -0.15) is 0 Å². The average Bonchev–Trinajstić information content (AvgIpc) is 3.25. The zero-order valence-corrected chi connectivity index (χ0v) is 11.9. The second-order valence-electron chi connectivity index (χ2n) is 5.70. The molecule has 0 atom stereocenters. The van der Waals surface area contributed by atoms with Crippen molar-refractivity contribution < 1.29 is 5.11 Å². The summed E-state index contributed by atoms with van der Waals surface area (Å²) in [6, 6.07) is 6.67. The van der Waals surface area contributed by atoms with Crippen LogP contribution in [0, 0.1) is 0 Å². The molecule has 1 saturated carbocycles. The molecule has 3 rings (SSSR count). The maximum atomic E-state index is 9.78. The van der Waals surface area contributed by atoms with Gasteiger partial charge in [0.15, 0.2) is 0 Å². The van der Waals surface area contributed by atoms with E-state index in [2.05, 4.69) is 10.2 Å². The molecule has 2 aliphatic rings. The summed E-state index contributed by atoms with van der Waals surface area (Å²) in [7, 11) is 0. The van der Waals surface area contributed by atoms with Crippen LogP contribution in [0.2, 0.25) is 5.02 Å². The van der Waals surface area contributed by atoms with Gasteiger partial charge in [-0.15, -0.1) is 0 Å². The van der Waals surface area contributed by atoms with E-state index in [0.717, 1.165) is 11.6 Å². The quantitative estimate of drug-likeness (QED) is 0.890. The van der Waals surface area contributed by atoms with Crippen LogP contribution in [0.3, 0.4) is 0 Å². The SMILES string of the molecule is Oc1ccc(Cl)cc1CNC1CCN(C2CC2)CC1. The normalized spacial score (nSPS) is 21.7. The van der Waals surface area contributed by atoms with E-state index in [1.807, 2.05) is 6.07 Å². The molecule has 19 heavy (non-hydrogen) atoms. The van der Waals surface area contributed by atoms with E-state index < -0.39 is 0 Å². The molecule has 2 N–H and O–H groups in total. The van der Waals surface area contributed by atoms with Crippen molar-refractivity contribution in [2.75, 3.05) is 13.1 Å². The van der Waals surface area contributed by atoms with Crippen molar-refractivity contribution in [2.45, 2.75) is 44.3 Å². The summed E-state index contributed by atoms with van der Waals surface area (Å²) < 4.78 is 0. The molecule has 104 valence electrons. The molecule has 0 amide bonds. The molecule has 0 bridgehead atoms. The lowest BCUT2D eigenvalue weighted by atomic mass is 10.0. The average molecular weight is 281 g/mol. The van der Waals surface area contributed by atoms with Gasteiger partial charge in [0.2, 0.25) is 0 Å². The first-order valence-electron chi connectivity index (χ1n) is 7.17. The molecule has 1 saturated heterocycles. The molecule has 1 aliphatic carbocycles. The van der Waals surface area contributed by atoms with Crippen LogP contribution >= 0.6 is 11.6 Å².